The number of likely N-dealkylation sites (N-methyl/N-ethyl adjacent to an activating group) is 1. The van der Waals surface area contributed by atoms with E-state index < -0.39 is 0 Å². The molecule has 2 aromatic rings. The van der Waals surface area contributed by atoms with Crippen LogP contribution < -0.4 is 0 Å². The summed E-state index contributed by atoms with van der Waals surface area (Å²) >= 11 is 0. The predicted octanol–water partition coefficient (Wildman–Crippen LogP) is 4.38. The maximum atomic E-state index is 9.25. The van der Waals surface area contributed by atoms with E-state index in [9.17, 15) is 5.21 Å². The zero-order valence-corrected chi connectivity index (χ0v) is 14.8. The van der Waals surface area contributed by atoms with Gasteiger partial charge in [0.15, 0.2) is 0 Å². The van der Waals surface area contributed by atoms with E-state index in [-0.39, 0.29) is 0 Å². The van der Waals surface area contributed by atoms with E-state index in [4.69, 9.17) is 0 Å². The first-order valence-electron chi connectivity index (χ1n) is 8.68. The first-order chi connectivity index (χ1) is 11.7. The molecular weight excluding hydrogens is 296 g/mol. The average molecular weight is 324 g/mol. The lowest BCUT2D eigenvalue weighted by Gasteiger charge is -2.13. The summed E-state index contributed by atoms with van der Waals surface area (Å²) in [5.74, 6) is 0. The highest BCUT2D eigenvalue weighted by molar-refractivity contribution is 6.00. The van der Waals surface area contributed by atoms with Crippen LogP contribution in [0.25, 0.3) is 0 Å². The fourth-order valence-corrected chi connectivity index (χ4v) is 2.88. The summed E-state index contributed by atoms with van der Waals surface area (Å²) in [6, 6.07) is 18.6. The second-order valence-corrected chi connectivity index (χ2v) is 6.44. The van der Waals surface area contributed by atoms with Crippen molar-refractivity contribution in [2.75, 3.05) is 20.6 Å². The van der Waals surface area contributed by atoms with Crippen LogP contribution in [0.2, 0.25) is 0 Å². The molecule has 0 heterocycles. The molecule has 0 unspecified atom stereocenters. The highest BCUT2D eigenvalue weighted by atomic mass is 16.4. The number of hydrogen-bond donors (Lipinski definition) is 1. The minimum Gasteiger partial charge on any atom is -0.411 e. The number of rotatable bonds is 9. The second kappa shape index (κ2) is 9.89. The summed E-state index contributed by atoms with van der Waals surface area (Å²) in [7, 11) is 4.23. The normalized spacial score (nSPS) is 11.9. The van der Waals surface area contributed by atoms with Gasteiger partial charge in [-0.1, -0.05) is 59.8 Å². The van der Waals surface area contributed by atoms with Crippen molar-refractivity contribution in [3.05, 3.63) is 71.3 Å². The number of unbranched alkanes of at least 4 members (excludes halogenated alkanes) is 1. The van der Waals surface area contributed by atoms with Gasteiger partial charge < -0.3 is 10.1 Å². The van der Waals surface area contributed by atoms with Crippen molar-refractivity contribution in [1.29, 1.82) is 0 Å². The maximum Gasteiger partial charge on any atom is 0.0867 e. The molecule has 0 fully saturated rings. The Morgan fingerprint density at radius 3 is 2.12 bits per heavy atom. The molecule has 0 aromatic heterocycles. The molecule has 3 nitrogen and oxygen atoms in total. The van der Waals surface area contributed by atoms with E-state index >= 15 is 0 Å². The van der Waals surface area contributed by atoms with Gasteiger partial charge in [-0.3, -0.25) is 0 Å². The molecule has 0 saturated carbocycles. The molecule has 2 aromatic carbocycles. The van der Waals surface area contributed by atoms with Crippen LogP contribution in [0.1, 0.15) is 36.0 Å². The fraction of sp³-hybridized carbons (Fsp3) is 0.381. The van der Waals surface area contributed by atoms with Crippen molar-refractivity contribution >= 4 is 5.71 Å². The third-order valence-electron chi connectivity index (χ3n) is 4.28. The van der Waals surface area contributed by atoms with Crippen LogP contribution in [0.15, 0.2) is 59.8 Å². The Balaban J connectivity index is 1.84. The minimum absolute atomic E-state index is 0.775. The maximum absolute atomic E-state index is 9.25. The zero-order valence-electron chi connectivity index (χ0n) is 14.8. The Morgan fingerprint density at radius 1 is 0.875 bits per heavy atom. The molecule has 3 heteroatoms. The van der Waals surface area contributed by atoms with E-state index in [2.05, 4.69) is 48.4 Å². The van der Waals surface area contributed by atoms with Gasteiger partial charge in [0.1, 0.15) is 0 Å². The average Bonchev–Trinajstić information content (AvgIpc) is 2.61. The van der Waals surface area contributed by atoms with Crippen LogP contribution in [0, 0.1) is 0 Å². The molecule has 0 atom stereocenters. The van der Waals surface area contributed by atoms with Gasteiger partial charge in [-0.25, -0.2) is 0 Å². The molecule has 0 spiro atoms. The van der Waals surface area contributed by atoms with Crippen molar-refractivity contribution in [3.63, 3.8) is 0 Å². The first-order valence-corrected chi connectivity index (χ1v) is 8.68. The van der Waals surface area contributed by atoms with Crippen molar-refractivity contribution in [1.82, 2.24) is 4.90 Å². The molecule has 128 valence electrons. The molecule has 24 heavy (non-hydrogen) atoms. The van der Waals surface area contributed by atoms with Crippen LogP contribution >= 0.6 is 0 Å². The smallest absolute Gasteiger partial charge is 0.0867 e. The van der Waals surface area contributed by atoms with Gasteiger partial charge >= 0.3 is 0 Å². The van der Waals surface area contributed by atoms with Crippen LogP contribution in [0.5, 0.6) is 0 Å². The van der Waals surface area contributed by atoms with Crippen LogP contribution in [0.3, 0.4) is 0 Å². The van der Waals surface area contributed by atoms with E-state index in [1.165, 1.54) is 11.1 Å². The molecule has 0 saturated heterocycles. The van der Waals surface area contributed by atoms with Crippen molar-refractivity contribution in [2.24, 2.45) is 5.16 Å². The highest BCUT2D eigenvalue weighted by Crippen LogP contribution is 2.15. The van der Waals surface area contributed by atoms with Crippen LogP contribution in [0.4, 0.5) is 0 Å². The topological polar surface area (TPSA) is 35.8 Å². The van der Waals surface area contributed by atoms with Gasteiger partial charge in [-0.05, 0) is 62.9 Å². The highest BCUT2D eigenvalue weighted by Gasteiger charge is 2.06. The van der Waals surface area contributed by atoms with Gasteiger partial charge in [0.05, 0.1) is 5.71 Å². The monoisotopic (exact) mass is 324 g/mol. The molecule has 0 aliphatic rings. The summed E-state index contributed by atoms with van der Waals surface area (Å²) in [5.41, 5.74) is 4.68. The van der Waals surface area contributed by atoms with Crippen molar-refractivity contribution in [2.45, 2.75) is 32.1 Å². The summed E-state index contributed by atoms with van der Waals surface area (Å²) in [5, 5.41) is 12.7. The Morgan fingerprint density at radius 2 is 1.50 bits per heavy atom. The molecule has 0 bridgehead atoms. The van der Waals surface area contributed by atoms with Crippen LogP contribution in [-0.4, -0.2) is 36.5 Å². The number of nitrogens with zero attached hydrogens (tertiary/aromatic N) is 2. The number of aryl methyl sites for hydroxylation is 1. The Hall–Kier alpha value is -2.13. The third kappa shape index (κ3) is 5.82. The van der Waals surface area contributed by atoms with Crippen molar-refractivity contribution in [3.8, 4) is 0 Å². The molecule has 1 N–H and O–H groups in total. The van der Waals surface area contributed by atoms with Gasteiger partial charge in [-0.15, -0.1) is 0 Å². The zero-order chi connectivity index (χ0) is 17.2. The lowest BCUT2D eigenvalue weighted by molar-refractivity contribution is 0.317. The Kier molecular flexibility index (Phi) is 7.50. The number of oxime groups is 1. The molecular formula is C21H28N2O. The lowest BCUT2D eigenvalue weighted by atomic mass is 9.97. The van der Waals surface area contributed by atoms with E-state index in [0.717, 1.165) is 49.9 Å². The molecule has 2 rings (SSSR count). The van der Waals surface area contributed by atoms with Crippen LogP contribution in [-0.2, 0) is 12.8 Å². The SMILES string of the molecule is CN(C)CCc1ccccc1CCCCC(=NO)c1ccccc1. The largest absolute Gasteiger partial charge is 0.411 e. The van der Waals surface area contributed by atoms with E-state index in [1.54, 1.807) is 0 Å². The van der Waals surface area contributed by atoms with Crippen molar-refractivity contribution < 1.29 is 5.21 Å². The molecule has 0 amide bonds. The summed E-state index contributed by atoms with van der Waals surface area (Å²) < 4.78 is 0. The Bertz CT molecular complexity index is 635. The van der Waals surface area contributed by atoms with E-state index in [0.29, 0.717) is 0 Å². The minimum atomic E-state index is 0.775. The van der Waals surface area contributed by atoms with Gasteiger partial charge in [0.2, 0.25) is 0 Å². The summed E-state index contributed by atoms with van der Waals surface area (Å²) in [6.07, 6.45) is 5.11. The first kappa shape index (κ1) is 18.2. The lowest BCUT2D eigenvalue weighted by Crippen LogP contribution is -2.15. The summed E-state index contributed by atoms with van der Waals surface area (Å²) in [6.45, 7) is 1.08. The molecule has 0 radical (unpaired) electrons. The predicted molar refractivity (Wildman–Crippen MR) is 101 cm³/mol. The summed E-state index contributed by atoms with van der Waals surface area (Å²) in [4.78, 5) is 2.22. The fourth-order valence-electron chi connectivity index (χ4n) is 2.88. The second-order valence-electron chi connectivity index (χ2n) is 6.44. The molecule has 0 aliphatic carbocycles. The molecule has 0 aliphatic heterocycles. The third-order valence-corrected chi connectivity index (χ3v) is 4.28. The standard InChI is InChI=1S/C21H28N2O/c1-23(2)17-16-19-12-7-6-10-18(19)11-8-9-15-21(22-24)20-13-4-3-5-14-20/h3-7,10,12-14,24H,8-9,11,15-17H2,1-2H3. The quantitative estimate of drug-likeness (QED) is 0.321. The van der Waals surface area contributed by atoms with Gasteiger partial charge in [0, 0.05) is 6.54 Å². The Labute approximate surface area is 145 Å². The number of hydrogen-bond acceptors (Lipinski definition) is 3. The number of benzene rings is 2. The van der Waals surface area contributed by atoms with Gasteiger partial charge in [-0.2, -0.15) is 0 Å². The van der Waals surface area contributed by atoms with Gasteiger partial charge in [0.25, 0.3) is 0 Å². The van der Waals surface area contributed by atoms with E-state index in [1.807, 2.05) is 30.3 Å².